The van der Waals surface area contributed by atoms with Gasteiger partial charge in [0.2, 0.25) is 12.7 Å². The Morgan fingerprint density at radius 2 is 1.67 bits per heavy atom. The highest BCUT2D eigenvalue weighted by atomic mass is 32.2. The molecule has 0 radical (unpaired) electrons. The van der Waals surface area contributed by atoms with Crippen molar-refractivity contribution < 1.29 is 41.8 Å². The average molecular weight is 667 g/mol. The topological polar surface area (TPSA) is 140 Å². The summed E-state index contributed by atoms with van der Waals surface area (Å²) >= 11 is 1.30. The monoisotopic (exact) mass is 666 g/mol. The fourth-order valence-corrected chi connectivity index (χ4v) is 5.64. The zero-order chi connectivity index (χ0) is 34.2. The predicted octanol–water partition coefficient (Wildman–Crippen LogP) is 4.11. The van der Waals surface area contributed by atoms with Crippen LogP contribution in [0.25, 0.3) is 0 Å². The lowest BCUT2D eigenvalue weighted by molar-refractivity contribution is -0.174. The van der Waals surface area contributed by atoms with Crippen LogP contribution >= 0.6 is 11.8 Å². The van der Waals surface area contributed by atoms with Crippen LogP contribution in [0.15, 0.2) is 36.4 Å². The van der Waals surface area contributed by atoms with E-state index >= 15 is 0 Å². The number of amides is 2. The summed E-state index contributed by atoms with van der Waals surface area (Å²) in [5.74, 6) is -4.88. The molecule has 1 aliphatic heterocycles. The van der Waals surface area contributed by atoms with Crippen molar-refractivity contribution >= 4 is 41.2 Å². The minimum atomic E-state index is -1.31. The second kappa shape index (κ2) is 16.2. The molecular formula is C32H41F3N4O6S. The van der Waals surface area contributed by atoms with E-state index in [2.05, 4.69) is 10.6 Å². The lowest BCUT2D eigenvalue weighted by atomic mass is 9.98. The normalized spacial score (nSPS) is 16.1. The molecule has 1 unspecified atom stereocenters. The van der Waals surface area contributed by atoms with Gasteiger partial charge in [-0.3, -0.25) is 14.4 Å². The molecule has 3 atom stereocenters. The van der Waals surface area contributed by atoms with Gasteiger partial charge >= 0.3 is 11.9 Å². The number of halogens is 3. The summed E-state index contributed by atoms with van der Waals surface area (Å²) < 4.78 is 50.9. The first-order chi connectivity index (χ1) is 21.6. The van der Waals surface area contributed by atoms with E-state index in [1.807, 2.05) is 13.8 Å². The Hall–Kier alpha value is -3.78. The molecule has 14 heteroatoms. The van der Waals surface area contributed by atoms with Crippen molar-refractivity contribution in [2.75, 3.05) is 24.4 Å². The minimum absolute atomic E-state index is 0.135. The van der Waals surface area contributed by atoms with Crippen LogP contribution in [0, 0.1) is 28.8 Å². The maximum absolute atomic E-state index is 14.0. The summed E-state index contributed by atoms with van der Waals surface area (Å²) in [4.78, 5) is 51.9. The third-order valence-corrected chi connectivity index (χ3v) is 8.31. The maximum atomic E-state index is 14.0. The number of thioether (sulfide) groups is 1. The lowest BCUT2D eigenvalue weighted by Crippen LogP contribution is -2.46. The molecule has 46 heavy (non-hydrogen) atoms. The predicted molar refractivity (Wildman–Crippen MR) is 168 cm³/mol. The first-order valence-corrected chi connectivity index (χ1v) is 15.9. The molecule has 1 heterocycles. The standard InChI is InChI=1S/C32H41F3N4O6S/c1-18(2)27(30(42)44-17-45-31(43)32(3,4)5)38-22-8-6-19(7-9-22)16-37-28(41)29-39(10-11-46-29)26(40)14-21(36)12-20-13-24(34)25(35)15-23(20)33/h6-9,13,15,18,21,27,29,38H,10-12,14,16-17,36H2,1-5H3,(H,37,41)/t21?,27-,29+/m1/s1. The Kier molecular flexibility index (Phi) is 12.9. The number of nitrogens with zero attached hydrogens (tertiary/aromatic N) is 1. The Balaban J connectivity index is 1.49. The summed E-state index contributed by atoms with van der Waals surface area (Å²) in [5, 5.41) is 5.18. The van der Waals surface area contributed by atoms with Crippen molar-refractivity contribution in [3.63, 3.8) is 0 Å². The van der Waals surface area contributed by atoms with Gasteiger partial charge in [0.25, 0.3) is 5.91 Å². The van der Waals surface area contributed by atoms with Gasteiger partial charge in [-0.05, 0) is 62.4 Å². The number of esters is 2. The van der Waals surface area contributed by atoms with E-state index in [-0.39, 0.29) is 36.8 Å². The summed E-state index contributed by atoms with van der Waals surface area (Å²) in [6, 6.07) is 6.65. The summed E-state index contributed by atoms with van der Waals surface area (Å²) in [7, 11) is 0. The second-order valence-corrected chi connectivity index (χ2v) is 13.6. The van der Waals surface area contributed by atoms with Gasteiger partial charge in [0.05, 0.1) is 5.41 Å². The van der Waals surface area contributed by atoms with E-state index in [4.69, 9.17) is 15.2 Å². The fourth-order valence-electron chi connectivity index (χ4n) is 4.48. The SMILES string of the molecule is CC(C)[C@@H](Nc1ccc(CNC(=O)[C@@H]2SCCN2C(=O)CC(N)Cc2cc(F)c(F)cc2F)cc1)C(=O)OCOC(=O)C(C)(C)C. The molecule has 2 aromatic rings. The van der Waals surface area contributed by atoms with Crippen molar-refractivity contribution in [3.05, 3.63) is 65.0 Å². The van der Waals surface area contributed by atoms with Crippen molar-refractivity contribution in [1.29, 1.82) is 0 Å². The van der Waals surface area contributed by atoms with Gasteiger partial charge < -0.3 is 30.7 Å². The molecule has 0 bridgehead atoms. The van der Waals surface area contributed by atoms with Gasteiger partial charge in [-0.25, -0.2) is 18.0 Å². The number of rotatable bonds is 13. The molecule has 3 rings (SSSR count). The highest BCUT2D eigenvalue weighted by Gasteiger charge is 2.35. The summed E-state index contributed by atoms with van der Waals surface area (Å²) in [5.41, 5.74) is 6.58. The van der Waals surface area contributed by atoms with E-state index in [0.29, 0.717) is 24.1 Å². The third kappa shape index (κ3) is 10.4. The summed E-state index contributed by atoms with van der Waals surface area (Å²) in [6.45, 7) is 8.81. The van der Waals surface area contributed by atoms with Crippen LogP contribution in [0.4, 0.5) is 18.9 Å². The zero-order valence-electron chi connectivity index (χ0n) is 26.5. The fraction of sp³-hybridized carbons (Fsp3) is 0.500. The molecule has 0 saturated carbocycles. The molecule has 1 saturated heterocycles. The molecule has 0 spiro atoms. The third-order valence-electron chi connectivity index (χ3n) is 7.11. The van der Waals surface area contributed by atoms with Crippen LogP contribution in [0.1, 0.15) is 52.2 Å². The quantitative estimate of drug-likeness (QED) is 0.164. The zero-order valence-corrected chi connectivity index (χ0v) is 27.3. The first-order valence-electron chi connectivity index (χ1n) is 14.8. The van der Waals surface area contributed by atoms with Gasteiger partial charge in [0, 0.05) is 43.1 Å². The number of ether oxygens (including phenoxy) is 2. The van der Waals surface area contributed by atoms with Crippen LogP contribution in [0.5, 0.6) is 0 Å². The molecule has 4 N–H and O–H groups in total. The molecule has 2 aromatic carbocycles. The Morgan fingerprint density at radius 3 is 2.30 bits per heavy atom. The Morgan fingerprint density at radius 1 is 1.02 bits per heavy atom. The minimum Gasteiger partial charge on any atom is -0.427 e. The number of benzene rings is 2. The van der Waals surface area contributed by atoms with Gasteiger partial charge in [-0.2, -0.15) is 0 Å². The van der Waals surface area contributed by atoms with E-state index in [9.17, 15) is 32.3 Å². The lowest BCUT2D eigenvalue weighted by Gasteiger charge is -2.24. The van der Waals surface area contributed by atoms with E-state index in [0.717, 1.165) is 11.6 Å². The van der Waals surface area contributed by atoms with Gasteiger partial charge in [-0.15, -0.1) is 11.8 Å². The molecular weight excluding hydrogens is 625 g/mol. The smallest absolute Gasteiger partial charge is 0.331 e. The second-order valence-electron chi connectivity index (χ2n) is 12.4. The molecule has 0 aromatic heterocycles. The number of carbonyl (C=O) groups excluding carboxylic acids is 4. The van der Waals surface area contributed by atoms with Crippen LogP contribution in [0.2, 0.25) is 0 Å². The number of hydrogen-bond donors (Lipinski definition) is 3. The highest BCUT2D eigenvalue weighted by Crippen LogP contribution is 2.26. The van der Waals surface area contributed by atoms with Gasteiger partial charge in [0.15, 0.2) is 17.0 Å². The molecule has 252 valence electrons. The molecule has 0 aliphatic carbocycles. The van der Waals surface area contributed by atoms with Crippen LogP contribution < -0.4 is 16.4 Å². The van der Waals surface area contributed by atoms with Gasteiger partial charge in [-0.1, -0.05) is 26.0 Å². The molecule has 1 aliphatic rings. The van der Waals surface area contributed by atoms with Gasteiger partial charge in [0.1, 0.15) is 11.9 Å². The number of nitrogens with two attached hydrogens (primary N) is 1. The van der Waals surface area contributed by atoms with E-state index in [1.165, 1.54) is 16.7 Å². The van der Waals surface area contributed by atoms with E-state index < -0.39 is 65.0 Å². The van der Waals surface area contributed by atoms with Crippen LogP contribution in [0.3, 0.4) is 0 Å². The number of anilines is 1. The molecule has 10 nitrogen and oxygen atoms in total. The average Bonchev–Trinajstić information content (AvgIpc) is 3.48. The molecule has 1 fully saturated rings. The van der Waals surface area contributed by atoms with E-state index in [1.54, 1.807) is 45.0 Å². The Labute approximate surface area is 270 Å². The molecule has 2 amide bonds. The highest BCUT2D eigenvalue weighted by molar-refractivity contribution is 8.00. The number of hydrogen-bond acceptors (Lipinski definition) is 9. The van der Waals surface area contributed by atoms with Crippen molar-refractivity contribution in [1.82, 2.24) is 10.2 Å². The Bertz CT molecular complexity index is 1400. The van der Waals surface area contributed by atoms with Crippen molar-refractivity contribution in [3.8, 4) is 0 Å². The van der Waals surface area contributed by atoms with Crippen LogP contribution in [-0.2, 0) is 41.6 Å². The maximum Gasteiger partial charge on any atom is 0.331 e. The first kappa shape index (κ1) is 36.7. The largest absolute Gasteiger partial charge is 0.427 e. The van der Waals surface area contributed by atoms with Crippen molar-refractivity contribution in [2.45, 2.75) is 71.5 Å². The number of carbonyl (C=O) groups is 4. The summed E-state index contributed by atoms with van der Waals surface area (Å²) in [6.07, 6.45) is -0.381. The number of nitrogens with one attached hydrogen (secondary N) is 2. The van der Waals surface area contributed by atoms with Crippen LogP contribution in [-0.4, -0.2) is 65.2 Å². The van der Waals surface area contributed by atoms with Crippen molar-refractivity contribution in [2.24, 2.45) is 17.1 Å².